The van der Waals surface area contributed by atoms with E-state index in [1.807, 2.05) is 6.07 Å². The van der Waals surface area contributed by atoms with E-state index in [1.165, 1.54) is 4.88 Å². The van der Waals surface area contributed by atoms with Crippen LogP contribution in [0, 0.1) is 0 Å². The molecule has 1 aromatic rings. The van der Waals surface area contributed by atoms with E-state index in [0.717, 1.165) is 32.1 Å². The van der Waals surface area contributed by atoms with Crippen LogP contribution in [0.3, 0.4) is 0 Å². The van der Waals surface area contributed by atoms with Gasteiger partial charge in [0.15, 0.2) is 0 Å². The van der Waals surface area contributed by atoms with Crippen molar-refractivity contribution in [2.45, 2.75) is 55.8 Å². The molecule has 1 saturated heterocycles. The quantitative estimate of drug-likeness (QED) is 0.931. The Morgan fingerprint density at radius 2 is 2.05 bits per heavy atom. The molecule has 1 amide bonds. The van der Waals surface area contributed by atoms with Gasteiger partial charge in [0.25, 0.3) is 0 Å². The molecule has 1 N–H and O–H groups in total. The van der Waals surface area contributed by atoms with Gasteiger partial charge in [-0.2, -0.15) is 0 Å². The first-order valence-electron chi connectivity index (χ1n) is 7.86. The molecule has 2 aliphatic carbocycles. The van der Waals surface area contributed by atoms with Gasteiger partial charge in [0.05, 0.1) is 30.8 Å². The topological polar surface area (TPSA) is 47.6 Å². The second-order valence-corrected chi connectivity index (χ2v) is 7.31. The lowest BCUT2D eigenvalue weighted by molar-refractivity contribution is -0.159. The SMILES string of the molecule is O=C(NC1CCC2OCCOC2C1)C1(c2cccs2)CC1. The van der Waals surface area contributed by atoms with E-state index in [0.29, 0.717) is 13.2 Å². The highest BCUT2D eigenvalue weighted by atomic mass is 32.1. The predicted octanol–water partition coefficient (Wildman–Crippen LogP) is 2.23. The van der Waals surface area contributed by atoms with Crippen LogP contribution in [0.15, 0.2) is 17.5 Å². The van der Waals surface area contributed by atoms with E-state index < -0.39 is 0 Å². The first-order valence-corrected chi connectivity index (χ1v) is 8.74. The zero-order valence-electron chi connectivity index (χ0n) is 12.0. The molecule has 3 fully saturated rings. The number of carbonyl (C=O) groups is 1. The Bertz CT molecular complexity index is 512. The maximum atomic E-state index is 12.7. The number of fused-ring (bicyclic) bond motifs is 1. The summed E-state index contributed by atoms with van der Waals surface area (Å²) in [4.78, 5) is 13.9. The molecule has 114 valence electrons. The third-order valence-electron chi connectivity index (χ3n) is 4.99. The van der Waals surface area contributed by atoms with Gasteiger partial charge >= 0.3 is 0 Å². The van der Waals surface area contributed by atoms with Gasteiger partial charge in [-0.25, -0.2) is 0 Å². The zero-order chi connectivity index (χ0) is 14.3. The van der Waals surface area contributed by atoms with E-state index in [9.17, 15) is 4.79 Å². The fourth-order valence-electron chi connectivity index (χ4n) is 3.58. The normalized spacial score (nSPS) is 34.0. The van der Waals surface area contributed by atoms with Crippen molar-refractivity contribution < 1.29 is 14.3 Å². The molecule has 0 aromatic carbocycles. The second kappa shape index (κ2) is 5.38. The summed E-state index contributed by atoms with van der Waals surface area (Å²) in [6.07, 6.45) is 5.24. The summed E-state index contributed by atoms with van der Waals surface area (Å²) >= 11 is 1.70. The van der Waals surface area contributed by atoms with Crippen LogP contribution in [-0.2, 0) is 19.7 Å². The van der Waals surface area contributed by atoms with Crippen LogP contribution in [0.25, 0.3) is 0 Å². The van der Waals surface area contributed by atoms with Crippen molar-refractivity contribution in [2.24, 2.45) is 0 Å². The molecule has 3 unspecified atom stereocenters. The van der Waals surface area contributed by atoms with E-state index >= 15 is 0 Å². The largest absolute Gasteiger partial charge is 0.373 e. The monoisotopic (exact) mass is 307 g/mol. The third-order valence-corrected chi connectivity index (χ3v) is 6.07. The minimum absolute atomic E-state index is 0.162. The zero-order valence-corrected chi connectivity index (χ0v) is 12.9. The lowest BCUT2D eigenvalue weighted by atomic mass is 9.89. The summed E-state index contributed by atoms with van der Waals surface area (Å²) in [6.45, 7) is 1.39. The Morgan fingerprint density at radius 3 is 2.76 bits per heavy atom. The molecule has 1 aromatic heterocycles. The molecule has 5 heteroatoms. The van der Waals surface area contributed by atoms with E-state index in [1.54, 1.807) is 11.3 Å². The Balaban J connectivity index is 1.39. The first-order chi connectivity index (χ1) is 10.3. The van der Waals surface area contributed by atoms with Crippen LogP contribution < -0.4 is 5.32 Å². The van der Waals surface area contributed by atoms with Crippen LogP contribution in [-0.4, -0.2) is 37.4 Å². The number of thiophene rings is 1. The Hall–Kier alpha value is -0.910. The summed E-state index contributed by atoms with van der Waals surface area (Å²) < 4.78 is 11.5. The summed E-state index contributed by atoms with van der Waals surface area (Å²) in [5.74, 6) is 0.213. The first kappa shape index (κ1) is 13.7. The summed E-state index contributed by atoms with van der Waals surface area (Å²) in [6, 6.07) is 4.36. The van der Waals surface area contributed by atoms with Crippen molar-refractivity contribution in [1.82, 2.24) is 5.32 Å². The number of hydrogen-bond acceptors (Lipinski definition) is 4. The smallest absolute Gasteiger partial charge is 0.231 e. The van der Waals surface area contributed by atoms with Gasteiger partial charge in [-0.05, 0) is 43.6 Å². The van der Waals surface area contributed by atoms with Crippen molar-refractivity contribution in [2.75, 3.05) is 13.2 Å². The standard InChI is InChI=1S/C16H21NO3S/c18-15(16(5-6-16)14-2-1-9-21-14)17-11-3-4-12-13(10-11)20-8-7-19-12/h1-2,9,11-13H,3-8,10H2,(H,17,18). The van der Waals surface area contributed by atoms with Gasteiger partial charge in [-0.15, -0.1) is 11.3 Å². The van der Waals surface area contributed by atoms with Gasteiger partial charge < -0.3 is 14.8 Å². The predicted molar refractivity (Wildman–Crippen MR) is 80.5 cm³/mol. The van der Waals surface area contributed by atoms with Gasteiger partial charge in [-0.1, -0.05) is 6.07 Å². The number of rotatable bonds is 3. The molecule has 2 heterocycles. The Labute approximate surface area is 128 Å². The van der Waals surface area contributed by atoms with E-state index in [-0.39, 0.29) is 29.6 Å². The van der Waals surface area contributed by atoms with Gasteiger partial charge in [0, 0.05) is 10.9 Å². The van der Waals surface area contributed by atoms with Crippen molar-refractivity contribution in [3.8, 4) is 0 Å². The van der Waals surface area contributed by atoms with Crippen LogP contribution in [0.5, 0.6) is 0 Å². The van der Waals surface area contributed by atoms with Gasteiger partial charge in [0.2, 0.25) is 5.91 Å². The molecule has 2 saturated carbocycles. The molecule has 4 nitrogen and oxygen atoms in total. The average Bonchev–Trinajstić information content (AvgIpc) is 3.14. The molecule has 3 aliphatic rings. The highest BCUT2D eigenvalue weighted by Crippen LogP contribution is 2.50. The van der Waals surface area contributed by atoms with E-state index in [2.05, 4.69) is 16.8 Å². The maximum absolute atomic E-state index is 12.7. The van der Waals surface area contributed by atoms with Crippen LogP contribution >= 0.6 is 11.3 Å². The Kier molecular flexibility index (Phi) is 3.52. The highest BCUT2D eigenvalue weighted by Gasteiger charge is 2.52. The van der Waals surface area contributed by atoms with Crippen molar-refractivity contribution in [3.63, 3.8) is 0 Å². The molecule has 0 spiro atoms. The number of ether oxygens (including phenoxy) is 2. The van der Waals surface area contributed by atoms with Crippen LogP contribution in [0.1, 0.15) is 37.0 Å². The van der Waals surface area contributed by atoms with Crippen LogP contribution in [0.4, 0.5) is 0 Å². The van der Waals surface area contributed by atoms with Crippen molar-refractivity contribution in [3.05, 3.63) is 22.4 Å². The average molecular weight is 307 g/mol. The summed E-state index contributed by atoms with van der Waals surface area (Å²) in [5, 5.41) is 5.33. The fraction of sp³-hybridized carbons (Fsp3) is 0.688. The lowest BCUT2D eigenvalue weighted by Crippen LogP contribution is -2.50. The molecular formula is C16H21NO3S. The Morgan fingerprint density at radius 1 is 1.24 bits per heavy atom. The molecule has 4 rings (SSSR count). The molecule has 0 radical (unpaired) electrons. The van der Waals surface area contributed by atoms with Crippen molar-refractivity contribution >= 4 is 17.2 Å². The molecular weight excluding hydrogens is 286 g/mol. The summed E-state index contributed by atoms with van der Waals surface area (Å²) in [7, 11) is 0. The summed E-state index contributed by atoms with van der Waals surface area (Å²) in [5.41, 5.74) is -0.227. The van der Waals surface area contributed by atoms with Crippen molar-refractivity contribution in [1.29, 1.82) is 0 Å². The number of carbonyl (C=O) groups excluding carboxylic acids is 1. The van der Waals surface area contributed by atoms with Gasteiger partial charge in [-0.3, -0.25) is 4.79 Å². The maximum Gasteiger partial charge on any atom is 0.231 e. The van der Waals surface area contributed by atoms with E-state index in [4.69, 9.17) is 9.47 Å². The molecule has 1 aliphatic heterocycles. The number of amides is 1. The minimum atomic E-state index is -0.227. The van der Waals surface area contributed by atoms with Crippen LogP contribution in [0.2, 0.25) is 0 Å². The fourth-order valence-corrected chi connectivity index (χ4v) is 4.57. The number of hydrogen-bond donors (Lipinski definition) is 1. The van der Waals surface area contributed by atoms with Gasteiger partial charge in [0.1, 0.15) is 0 Å². The molecule has 0 bridgehead atoms. The number of nitrogens with one attached hydrogen (secondary N) is 1. The molecule has 3 atom stereocenters. The third kappa shape index (κ3) is 2.51. The highest BCUT2D eigenvalue weighted by molar-refractivity contribution is 7.10. The second-order valence-electron chi connectivity index (χ2n) is 6.36. The molecule has 21 heavy (non-hydrogen) atoms. The minimum Gasteiger partial charge on any atom is -0.373 e. The lowest BCUT2D eigenvalue weighted by Gasteiger charge is -2.39.